The smallest absolute Gasteiger partial charge is 0.0377 e. The number of hydrogen-bond donors (Lipinski definition) is 1. The molecular formula is C15H24S. The van der Waals surface area contributed by atoms with Gasteiger partial charge in [0, 0.05) is 4.75 Å². The van der Waals surface area contributed by atoms with Crippen LogP contribution in [0.15, 0.2) is 35.5 Å². The Bertz CT molecular complexity index is 310. The molecule has 90 valence electrons. The molecule has 0 amide bonds. The van der Waals surface area contributed by atoms with Crippen molar-refractivity contribution in [1.29, 1.82) is 0 Å². The van der Waals surface area contributed by atoms with Gasteiger partial charge in [0.15, 0.2) is 0 Å². The molecule has 0 aromatic heterocycles. The summed E-state index contributed by atoms with van der Waals surface area (Å²) < 4.78 is 0.0986. The van der Waals surface area contributed by atoms with E-state index in [0.29, 0.717) is 0 Å². The molecule has 0 nitrogen and oxygen atoms in total. The summed E-state index contributed by atoms with van der Waals surface area (Å²) in [5.41, 5.74) is 4.03. The molecule has 0 radical (unpaired) electrons. The minimum absolute atomic E-state index is 0.0986. The molecule has 16 heavy (non-hydrogen) atoms. The summed E-state index contributed by atoms with van der Waals surface area (Å²) in [5, 5.41) is 0. The Hall–Kier alpha value is -0.430. The predicted molar refractivity (Wildman–Crippen MR) is 77.1 cm³/mol. The fourth-order valence-electron chi connectivity index (χ4n) is 2.44. The third-order valence-corrected chi connectivity index (χ3v) is 4.10. The van der Waals surface area contributed by atoms with Crippen LogP contribution in [0.2, 0.25) is 0 Å². The van der Waals surface area contributed by atoms with E-state index >= 15 is 0 Å². The van der Waals surface area contributed by atoms with E-state index in [1.54, 1.807) is 0 Å². The summed E-state index contributed by atoms with van der Waals surface area (Å²) in [5.74, 6) is 0. The molecule has 0 N–H and O–H groups in total. The van der Waals surface area contributed by atoms with Crippen LogP contribution in [0.4, 0.5) is 0 Å². The first-order chi connectivity index (χ1) is 7.49. The van der Waals surface area contributed by atoms with E-state index in [0.717, 1.165) is 0 Å². The molecule has 1 rings (SSSR count). The first-order valence-corrected chi connectivity index (χ1v) is 6.65. The molecule has 0 spiro atoms. The second-order valence-corrected chi connectivity index (χ2v) is 5.95. The molecule has 1 heteroatoms. The standard InChI is InChI=1S/C15H24S/c1-5-13(4)11-14(12(2)3)15(16)9-7-6-8-10-15/h5,11,16H,1,6-10H2,2-4H3/b13-11-. The SMILES string of the molecule is C=C/C(C)=C\C(=C(C)C)C1(S)CCCCC1. The minimum Gasteiger partial charge on any atom is -0.168 e. The van der Waals surface area contributed by atoms with E-state index < -0.39 is 0 Å². The Morgan fingerprint density at radius 1 is 1.12 bits per heavy atom. The number of hydrogen-bond acceptors (Lipinski definition) is 1. The summed E-state index contributed by atoms with van der Waals surface area (Å²) in [6, 6.07) is 0. The zero-order chi connectivity index (χ0) is 12.2. The van der Waals surface area contributed by atoms with Gasteiger partial charge in [0.05, 0.1) is 0 Å². The molecule has 0 saturated heterocycles. The lowest BCUT2D eigenvalue weighted by Gasteiger charge is -2.35. The minimum atomic E-state index is 0.0986. The van der Waals surface area contributed by atoms with Gasteiger partial charge in [-0.2, -0.15) is 12.6 Å². The molecule has 0 bridgehead atoms. The van der Waals surface area contributed by atoms with E-state index in [1.807, 2.05) is 6.08 Å². The van der Waals surface area contributed by atoms with Crippen molar-refractivity contribution in [3.8, 4) is 0 Å². The number of allylic oxidation sites excluding steroid dienone is 4. The number of thiol groups is 1. The quantitative estimate of drug-likeness (QED) is 0.512. The molecule has 0 aromatic carbocycles. The van der Waals surface area contributed by atoms with Gasteiger partial charge in [-0.3, -0.25) is 0 Å². The second kappa shape index (κ2) is 5.77. The Morgan fingerprint density at radius 3 is 2.12 bits per heavy atom. The second-order valence-electron chi connectivity index (χ2n) is 5.10. The summed E-state index contributed by atoms with van der Waals surface area (Å²) in [4.78, 5) is 0. The van der Waals surface area contributed by atoms with E-state index in [9.17, 15) is 0 Å². The lowest BCUT2D eigenvalue weighted by Crippen LogP contribution is -2.27. The average molecular weight is 236 g/mol. The van der Waals surface area contributed by atoms with Crippen molar-refractivity contribution in [3.63, 3.8) is 0 Å². The van der Waals surface area contributed by atoms with Crippen molar-refractivity contribution in [2.75, 3.05) is 0 Å². The van der Waals surface area contributed by atoms with Crippen LogP contribution in [0.1, 0.15) is 52.9 Å². The Labute approximate surface area is 106 Å². The Morgan fingerprint density at radius 2 is 1.69 bits per heavy atom. The van der Waals surface area contributed by atoms with Crippen molar-refractivity contribution < 1.29 is 0 Å². The van der Waals surface area contributed by atoms with Crippen LogP contribution in [0.25, 0.3) is 0 Å². The highest BCUT2D eigenvalue weighted by molar-refractivity contribution is 7.82. The van der Waals surface area contributed by atoms with Crippen LogP contribution in [0, 0.1) is 0 Å². The van der Waals surface area contributed by atoms with Crippen LogP contribution in [0.3, 0.4) is 0 Å². The molecule has 1 saturated carbocycles. The van der Waals surface area contributed by atoms with E-state index in [4.69, 9.17) is 12.6 Å². The molecule has 1 fully saturated rings. The van der Waals surface area contributed by atoms with E-state index in [-0.39, 0.29) is 4.75 Å². The fraction of sp³-hybridized carbons (Fsp3) is 0.600. The zero-order valence-electron chi connectivity index (χ0n) is 10.8. The Kier molecular flexibility index (Phi) is 4.91. The maximum Gasteiger partial charge on any atom is 0.0377 e. The van der Waals surface area contributed by atoms with Crippen molar-refractivity contribution in [2.45, 2.75) is 57.6 Å². The molecule has 1 aliphatic carbocycles. The Balaban J connectivity index is 3.03. The van der Waals surface area contributed by atoms with Gasteiger partial charge in [-0.25, -0.2) is 0 Å². The highest BCUT2D eigenvalue weighted by atomic mass is 32.1. The normalized spacial score (nSPS) is 20.4. The lowest BCUT2D eigenvalue weighted by atomic mass is 9.80. The highest BCUT2D eigenvalue weighted by Crippen LogP contribution is 2.41. The van der Waals surface area contributed by atoms with E-state index in [1.165, 1.54) is 48.8 Å². The van der Waals surface area contributed by atoms with Crippen molar-refractivity contribution >= 4 is 12.6 Å². The van der Waals surface area contributed by atoms with Gasteiger partial charge in [0.1, 0.15) is 0 Å². The van der Waals surface area contributed by atoms with Crippen LogP contribution >= 0.6 is 12.6 Å². The van der Waals surface area contributed by atoms with Crippen LogP contribution in [-0.4, -0.2) is 4.75 Å². The van der Waals surface area contributed by atoms with Gasteiger partial charge in [0.2, 0.25) is 0 Å². The molecule has 0 unspecified atom stereocenters. The monoisotopic (exact) mass is 236 g/mol. The maximum absolute atomic E-state index is 4.96. The molecule has 0 heterocycles. The first kappa shape index (κ1) is 13.6. The van der Waals surface area contributed by atoms with Gasteiger partial charge >= 0.3 is 0 Å². The molecular weight excluding hydrogens is 212 g/mol. The van der Waals surface area contributed by atoms with Gasteiger partial charge in [-0.15, -0.1) is 0 Å². The average Bonchev–Trinajstić information content (AvgIpc) is 2.25. The summed E-state index contributed by atoms with van der Waals surface area (Å²) in [6.45, 7) is 10.3. The van der Waals surface area contributed by atoms with E-state index in [2.05, 4.69) is 33.4 Å². The lowest BCUT2D eigenvalue weighted by molar-refractivity contribution is 0.443. The van der Waals surface area contributed by atoms with Crippen molar-refractivity contribution in [2.24, 2.45) is 0 Å². The zero-order valence-corrected chi connectivity index (χ0v) is 11.7. The fourth-order valence-corrected chi connectivity index (χ4v) is 3.04. The van der Waals surface area contributed by atoms with Gasteiger partial charge < -0.3 is 0 Å². The summed E-state index contributed by atoms with van der Waals surface area (Å²) in [7, 11) is 0. The third kappa shape index (κ3) is 3.28. The van der Waals surface area contributed by atoms with Crippen molar-refractivity contribution in [3.05, 3.63) is 35.5 Å². The topological polar surface area (TPSA) is 0 Å². The third-order valence-electron chi connectivity index (χ3n) is 3.41. The molecule has 0 aliphatic heterocycles. The first-order valence-electron chi connectivity index (χ1n) is 6.20. The predicted octanol–water partition coefficient (Wildman–Crippen LogP) is 5.09. The summed E-state index contributed by atoms with van der Waals surface area (Å²) >= 11 is 4.96. The molecule has 0 atom stereocenters. The maximum atomic E-state index is 4.96. The van der Waals surface area contributed by atoms with Crippen LogP contribution in [0.5, 0.6) is 0 Å². The largest absolute Gasteiger partial charge is 0.168 e. The van der Waals surface area contributed by atoms with Gasteiger partial charge in [-0.05, 0) is 39.2 Å². The van der Waals surface area contributed by atoms with Gasteiger partial charge in [-0.1, -0.05) is 49.1 Å². The number of rotatable bonds is 3. The van der Waals surface area contributed by atoms with Crippen LogP contribution < -0.4 is 0 Å². The van der Waals surface area contributed by atoms with Crippen molar-refractivity contribution in [1.82, 2.24) is 0 Å². The molecule has 0 aromatic rings. The summed E-state index contributed by atoms with van der Waals surface area (Å²) in [6.07, 6.45) is 10.6. The van der Waals surface area contributed by atoms with Gasteiger partial charge in [0.25, 0.3) is 0 Å². The molecule has 1 aliphatic rings. The van der Waals surface area contributed by atoms with Crippen LogP contribution in [-0.2, 0) is 0 Å². The highest BCUT2D eigenvalue weighted by Gasteiger charge is 2.31.